The van der Waals surface area contributed by atoms with E-state index in [-0.39, 0.29) is 42.8 Å². The Morgan fingerprint density at radius 3 is 2.34 bits per heavy atom. The summed E-state index contributed by atoms with van der Waals surface area (Å²) in [5.41, 5.74) is 0.795. The normalized spacial score (nSPS) is 16.6. The highest BCUT2D eigenvalue weighted by molar-refractivity contribution is 6.35. The maximum absolute atomic E-state index is 13.0. The van der Waals surface area contributed by atoms with Crippen LogP contribution in [0.3, 0.4) is 0 Å². The average Bonchev–Trinajstić information content (AvgIpc) is 3.90. The average molecular weight is 762 g/mol. The van der Waals surface area contributed by atoms with Gasteiger partial charge in [-0.25, -0.2) is 4.79 Å². The molecule has 3 aromatic rings. The van der Waals surface area contributed by atoms with Gasteiger partial charge in [0.15, 0.2) is 6.61 Å². The van der Waals surface area contributed by atoms with Crippen molar-refractivity contribution < 1.29 is 46.6 Å². The molecule has 16 nitrogen and oxygen atoms in total. The van der Waals surface area contributed by atoms with Crippen molar-refractivity contribution >= 4 is 58.8 Å². The molecule has 2 atom stereocenters. The van der Waals surface area contributed by atoms with Crippen LogP contribution in [0.4, 0.5) is 30.8 Å². The monoisotopic (exact) mass is 761 g/mol. The number of nitrogens with one attached hydrogen (secondary N) is 6. The van der Waals surface area contributed by atoms with Gasteiger partial charge in [-0.05, 0) is 67.6 Å². The number of hydrogen-bond acceptors (Lipinski definition) is 12. The molecule has 1 unspecified atom stereocenters. The van der Waals surface area contributed by atoms with Gasteiger partial charge < -0.3 is 41.4 Å². The fraction of sp³-hybridized carbons (Fsp3) is 0.394. The zero-order valence-corrected chi connectivity index (χ0v) is 28.9. The lowest BCUT2D eigenvalue weighted by atomic mass is 10.1. The molecule has 5 rings (SSSR count). The number of carbonyl (C=O) groups is 5. The lowest BCUT2D eigenvalue weighted by Crippen LogP contribution is -2.50. The van der Waals surface area contributed by atoms with Gasteiger partial charge in [0.05, 0.1) is 12.6 Å². The van der Waals surface area contributed by atoms with Crippen LogP contribution in [0.15, 0.2) is 48.5 Å². The first-order valence-corrected chi connectivity index (χ1v) is 16.7. The van der Waals surface area contributed by atoms with Crippen LogP contribution >= 0.6 is 11.6 Å². The highest BCUT2D eigenvalue weighted by Crippen LogP contribution is 2.48. The Morgan fingerprint density at radius 1 is 1.00 bits per heavy atom. The largest absolute Gasteiger partial charge is 0.467 e. The van der Waals surface area contributed by atoms with Crippen LogP contribution in [-0.2, 0) is 29.5 Å². The molecule has 1 saturated carbocycles. The second kappa shape index (κ2) is 16.7. The Labute approximate surface area is 305 Å². The Hall–Kier alpha value is -5.72. The third kappa shape index (κ3) is 11.1. The van der Waals surface area contributed by atoms with Gasteiger partial charge in [-0.1, -0.05) is 23.7 Å². The number of anilines is 3. The number of carbonyl (C=O) groups excluding carboxylic acids is 5. The molecule has 2 heterocycles. The molecule has 1 aliphatic carbocycles. The molecule has 1 aromatic heterocycles. The summed E-state index contributed by atoms with van der Waals surface area (Å²) in [6, 6.07) is 10.6. The molecule has 0 spiro atoms. The third-order valence-corrected chi connectivity index (χ3v) is 8.43. The third-order valence-electron chi connectivity index (χ3n) is 8.18. The standard InChI is InChI=1S/C33H35ClF3N9O7/c1-52-28(51)23(11-15-39-26(49)27(50)40-22-10-14-38-24(47)16-22)42-25(48)18-2-8-21(9-3-18)41-29-43-30(45-31(44-29)53-17-33(35,36)37)46-32(12-13-32)19-4-6-20(34)7-5-19/h2-9,22-23H,10-17H2,1H3,(H,38,47)(H,39,49)(H,40,50)(H,42,48)(H2,41,43,44,45,46)/t22?,23-/m0/s1. The van der Waals surface area contributed by atoms with E-state index >= 15 is 0 Å². The predicted molar refractivity (Wildman–Crippen MR) is 182 cm³/mol. The number of nitrogens with zero attached hydrogens (tertiary/aromatic N) is 3. The summed E-state index contributed by atoms with van der Waals surface area (Å²) in [5.74, 6) is -3.78. The molecule has 2 fully saturated rings. The number of alkyl halides is 3. The molecule has 0 radical (unpaired) electrons. The second-order valence-electron chi connectivity index (χ2n) is 12.2. The number of piperidine rings is 1. The van der Waals surface area contributed by atoms with E-state index in [0.717, 1.165) is 12.7 Å². The van der Waals surface area contributed by atoms with Crippen LogP contribution in [0.5, 0.6) is 6.01 Å². The van der Waals surface area contributed by atoms with E-state index in [4.69, 9.17) is 21.1 Å². The topological polar surface area (TPSA) is 215 Å². The first kappa shape index (κ1) is 38.5. The minimum absolute atomic E-state index is 0.0351. The van der Waals surface area contributed by atoms with Crippen molar-refractivity contribution in [3.05, 3.63) is 64.7 Å². The maximum atomic E-state index is 13.0. The molecule has 53 heavy (non-hydrogen) atoms. The smallest absolute Gasteiger partial charge is 0.422 e. The van der Waals surface area contributed by atoms with Gasteiger partial charge in [-0.3, -0.25) is 19.2 Å². The Kier molecular flexibility index (Phi) is 12.2. The Bertz CT molecular complexity index is 1830. The lowest BCUT2D eigenvalue weighted by molar-refractivity contribution is -0.154. The van der Waals surface area contributed by atoms with E-state index in [1.807, 2.05) is 12.1 Å². The van der Waals surface area contributed by atoms with Crippen molar-refractivity contribution in [3.63, 3.8) is 0 Å². The Balaban J connectivity index is 1.20. The first-order valence-electron chi connectivity index (χ1n) is 16.3. The lowest BCUT2D eigenvalue weighted by Gasteiger charge is -2.22. The van der Waals surface area contributed by atoms with Crippen molar-refractivity contribution in [2.75, 3.05) is 37.4 Å². The van der Waals surface area contributed by atoms with Crippen molar-refractivity contribution in [1.82, 2.24) is 36.2 Å². The Morgan fingerprint density at radius 2 is 1.70 bits per heavy atom. The van der Waals surface area contributed by atoms with E-state index in [2.05, 4.69) is 46.9 Å². The minimum atomic E-state index is -4.64. The molecule has 2 aromatic carbocycles. The van der Waals surface area contributed by atoms with Gasteiger partial charge in [-0.2, -0.15) is 28.1 Å². The highest BCUT2D eigenvalue weighted by atomic mass is 35.5. The molecule has 1 aliphatic heterocycles. The summed E-state index contributed by atoms with van der Waals surface area (Å²) in [5, 5.41) is 16.6. The number of benzene rings is 2. The summed E-state index contributed by atoms with van der Waals surface area (Å²) in [4.78, 5) is 73.7. The summed E-state index contributed by atoms with van der Waals surface area (Å²) in [6.07, 6.45) is -2.82. The molecular formula is C33H35ClF3N9O7. The van der Waals surface area contributed by atoms with Crippen LogP contribution in [0.1, 0.15) is 48.0 Å². The van der Waals surface area contributed by atoms with Gasteiger partial charge in [0.2, 0.25) is 17.8 Å². The summed E-state index contributed by atoms with van der Waals surface area (Å²) in [6.45, 7) is -1.42. The number of amides is 4. The van der Waals surface area contributed by atoms with E-state index in [1.54, 1.807) is 12.1 Å². The van der Waals surface area contributed by atoms with Crippen molar-refractivity contribution in [2.24, 2.45) is 0 Å². The SMILES string of the molecule is COC(=O)[C@H](CCNC(=O)C(=O)NC1CCNC(=O)C1)NC(=O)c1ccc(Nc2nc(NC3(c4ccc(Cl)cc4)CC3)nc(OCC(F)(F)F)n2)cc1. The van der Waals surface area contributed by atoms with E-state index in [0.29, 0.717) is 36.5 Å². The number of hydrogen-bond donors (Lipinski definition) is 6. The fourth-order valence-electron chi connectivity index (χ4n) is 5.31. The summed E-state index contributed by atoms with van der Waals surface area (Å²) in [7, 11) is 1.12. The summed E-state index contributed by atoms with van der Waals surface area (Å²) >= 11 is 6.02. The number of esters is 1. The van der Waals surface area contributed by atoms with E-state index in [1.165, 1.54) is 24.3 Å². The quantitative estimate of drug-likeness (QED) is 0.103. The van der Waals surface area contributed by atoms with Crippen LogP contribution in [0.25, 0.3) is 0 Å². The van der Waals surface area contributed by atoms with Crippen LogP contribution in [0.2, 0.25) is 5.02 Å². The van der Waals surface area contributed by atoms with Gasteiger partial charge in [0.25, 0.3) is 5.91 Å². The second-order valence-corrected chi connectivity index (χ2v) is 12.6. The van der Waals surface area contributed by atoms with E-state index < -0.39 is 60.1 Å². The molecule has 2 aliphatic rings. The zero-order chi connectivity index (χ0) is 38.2. The molecule has 4 amide bonds. The first-order chi connectivity index (χ1) is 25.2. The van der Waals surface area contributed by atoms with Crippen molar-refractivity contribution in [2.45, 2.75) is 55.9 Å². The molecular weight excluding hydrogens is 727 g/mol. The zero-order valence-electron chi connectivity index (χ0n) is 28.1. The highest BCUT2D eigenvalue weighted by Gasteiger charge is 2.45. The van der Waals surface area contributed by atoms with Crippen LogP contribution in [0, 0.1) is 0 Å². The molecule has 0 bridgehead atoms. The van der Waals surface area contributed by atoms with Crippen molar-refractivity contribution in [1.29, 1.82) is 0 Å². The van der Waals surface area contributed by atoms with Gasteiger partial charge in [0.1, 0.15) is 6.04 Å². The van der Waals surface area contributed by atoms with E-state index in [9.17, 15) is 37.1 Å². The van der Waals surface area contributed by atoms with Gasteiger partial charge in [0, 0.05) is 41.8 Å². The number of aromatic nitrogens is 3. The maximum Gasteiger partial charge on any atom is 0.422 e. The van der Waals surface area contributed by atoms with Crippen molar-refractivity contribution in [3.8, 4) is 6.01 Å². The van der Waals surface area contributed by atoms with Crippen LogP contribution < -0.4 is 36.6 Å². The van der Waals surface area contributed by atoms with Crippen LogP contribution in [-0.4, -0.2) is 89.6 Å². The molecule has 1 saturated heterocycles. The minimum Gasteiger partial charge on any atom is -0.467 e. The number of halogens is 4. The molecule has 6 N–H and O–H groups in total. The number of rotatable bonds is 14. The van der Waals surface area contributed by atoms with Gasteiger partial charge in [-0.15, -0.1) is 0 Å². The molecule has 282 valence electrons. The number of ether oxygens (including phenoxy) is 2. The fourth-order valence-corrected chi connectivity index (χ4v) is 5.43. The number of methoxy groups -OCH3 is 1. The summed E-state index contributed by atoms with van der Waals surface area (Å²) < 4.78 is 48.4. The predicted octanol–water partition coefficient (Wildman–Crippen LogP) is 2.48. The van der Waals surface area contributed by atoms with Gasteiger partial charge >= 0.3 is 30.0 Å². The molecule has 20 heteroatoms.